The molecule has 2 aromatic carbocycles. The number of hydrogen-bond acceptors (Lipinski definition) is 3. The quantitative estimate of drug-likeness (QED) is 0.730. The molecule has 1 aliphatic rings. The second-order valence-electron chi connectivity index (χ2n) is 7.30. The van der Waals surface area contributed by atoms with E-state index in [1.165, 1.54) is 5.56 Å². The fraction of sp³-hybridized carbons (Fsp3) is 0.318. The number of nitrogens with zero attached hydrogens (tertiary/aromatic N) is 1. The monoisotopic (exact) mass is 364 g/mol. The average Bonchev–Trinajstić information content (AvgIpc) is 2.85. The molecule has 2 N–H and O–H groups in total. The van der Waals surface area contributed by atoms with Gasteiger partial charge < -0.3 is 19.7 Å². The first-order chi connectivity index (χ1) is 13.0. The number of aryl methyl sites for hydroxylation is 3. The first-order valence-electron chi connectivity index (χ1n) is 9.22. The summed E-state index contributed by atoms with van der Waals surface area (Å²) in [6.45, 7) is 7.55. The number of aromatic nitrogens is 1. The summed E-state index contributed by atoms with van der Waals surface area (Å²) >= 11 is 0. The van der Waals surface area contributed by atoms with Crippen LogP contribution in [-0.4, -0.2) is 34.0 Å². The summed E-state index contributed by atoms with van der Waals surface area (Å²) in [6, 6.07) is 9.88. The smallest absolute Gasteiger partial charge is 0.271 e. The van der Waals surface area contributed by atoms with Crippen molar-refractivity contribution in [3.8, 4) is 5.75 Å². The minimum atomic E-state index is -0.0268. The molecule has 5 nitrogen and oxygen atoms in total. The van der Waals surface area contributed by atoms with E-state index >= 15 is 0 Å². The lowest BCUT2D eigenvalue weighted by Crippen LogP contribution is -2.33. The Morgan fingerprint density at radius 3 is 2.81 bits per heavy atom. The number of nitrogens with one attached hydrogen (secondary N) is 1. The average molecular weight is 364 g/mol. The zero-order valence-corrected chi connectivity index (χ0v) is 15.9. The molecule has 27 heavy (non-hydrogen) atoms. The molecule has 2 heterocycles. The van der Waals surface area contributed by atoms with E-state index in [1.807, 2.05) is 30.0 Å². The summed E-state index contributed by atoms with van der Waals surface area (Å²) < 4.78 is 5.80. The Bertz CT molecular complexity index is 1040. The van der Waals surface area contributed by atoms with Gasteiger partial charge in [0.2, 0.25) is 0 Å². The van der Waals surface area contributed by atoms with Gasteiger partial charge in [0.25, 0.3) is 5.91 Å². The van der Waals surface area contributed by atoms with E-state index in [0.717, 1.165) is 38.9 Å². The minimum absolute atomic E-state index is 0.0217. The molecule has 0 atom stereocenters. The Morgan fingerprint density at radius 1 is 1.22 bits per heavy atom. The normalized spacial score (nSPS) is 14.0. The summed E-state index contributed by atoms with van der Waals surface area (Å²) in [5.74, 6) is 0.758. The number of hydrogen-bond donors (Lipinski definition) is 2. The van der Waals surface area contributed by atoms with E-state index in [9.17, 15) is 9.90 Å². The molecule has 0 fully saturated rings. The summed E-state index contributed by atoms with van der Waals surface area (Å²) in [6.07, 6.45) is 0. The summed E-state index contributed by atoms with van der Waals surface area (Å²) in [5, 5.41) is 10.5. The number of amides is 1. The molecule has 0 radical (unpaired) electrons. The third-order valence-electron chi connectivity index (χ3n) is 5.30. The van der Waals surface area contributed by atoms with Crippen LogP contribution in [0.2, 0.25) is 0 Å². The summed E-state index contributed by atoms with van der Waals surface area (Å²) in [7, 11) is 0. The second kappa shape index (κ2) is 6.74. The second-order valence-corrected chi connectivity index (χ2v) is 7.30. The Balaban J connectivity index is 1.71. The SMILES string of the molecule is Cc1cc(C)c2[nH]c(C(=O)N3CCOc4ccc(CO)cc4C3)c(C)c2c1. The van der Waals surface area contributed by atoms with E-state index in [2.05, 4.69) is 31.0 Å². The van der Waals surface area contributed by atoms with Crippen molar-refractivity contribution in [3.63, 3.8) is 0 Å². The molecular formula is C22H24N2O3. The van der Waals surface area contributed by atoms with Crippen molar-refractivity contribution in [3.05, 3.63) is 63.8 Å². The van der Waals surface area contributed by atoms with Crippen molar-refractivity contribution in [2.45, 2.75) is 33.9 Å². The van der Waals surface area contributed by atoms with Crippen LogP contribution in [0.5, 0.6) is 5.75 Å². The number of aromatic amines is 1. The first-order valence-corrected chi connectivity index (χ1v) is 9.22. The predicted molar refractivity (Wildman–Crippen MR) is 105 cm³/mol. The Morgan fingerprint density at radius 2 is 2.04 bits per heavy atom. The van der Waals surface area contributed by atoms with Crippen molar-refractivity contribution in [2.24, 2.45) is 0 Å². The predicted octanol–water partition coefficient (Wildman–Crippen LogP) is 3.62. The van der Waals surface area contributed by atoms with Gasteiger partial charge in [-0.3, -0.25) is 4.79 Å². The van der Waals surface area contributed by atoms with Gasteiger partial charge in [-0.05, 0) is 55.7 Å². The highest BCUT2D eigenvalue weighted by atomic mass is 16.5. The van der Waals surface area contributed by atoms with Gasteiger partial charge in [-0.15, -0.1) is 0 Å². The number of rotatable bonds is 2. The number of carbonyl (C=O) groups excluding carboxylic acids is 1. The van der Waals surface area contributed by atoms with Crippen LogP contribution in [0.15, 0.2) is 30.3 Å². The molecular weight excluding hydrogens is 340 g/mol. The van der Waals surface area contributed by atoms with Crippen molar-refractivity contribution in [1.82, 2.24) is 9.88 Å². The molecule has 140 valence electrons. The summed E-state index contributed by atoms with van der Waals surface area (Å²) in [5.41, 5.74) is 6.72. The molecule has 5 heteroatoms. The van der Waals surface area contributed by atoms with Crippen LogP contribution >= 0.6 is 0 Å². The standard InChI is InChI=1S/C22H24N2O3/c1-13-8-14(2)20-18(9-13)15(3)21(23-20)22(26)24-6-7-27-19-5-4-16(12-25)10-17(19)11-24/h4-5,8-10,23,25H,6-7,11-12H2,1-3H3. The van der Waals surface area contributed by atoms with Gasteiger partial charge in [0.05, 0.1) is 13.2 Å². The van der Waals surface area contributed by atoms with Crippen LogP contribution in [0.1, 0.15) is 38.3 Å². The fourth-order valence-corrected chi connectivity index (χ4v) is 3.87. The largest absolute Gasteiger partial charge is 0.491 e. The maximum Gasteiger partial charge on any atom is 0.271 e. The highest BCUT2D eigenvalue weighted by molar-refractivity contribution is 6.01. The Labute approximate surface area is 158 Å². The van der Waals surface area contributed by atoms with E-state index in [-0.39, 0.29) is 12.5 Å². The maximum atomic E-state index is 13.3. The number of aliphatic hydroxyl groups excluding tert-OH is 1. The Hall–Kier alpha value is -2.79. The molecule has 1 amide bonds. The van der Waals surface area contributed by atoms with Gasteiger partial charge in [-0.1, -0.05) is 17.7 Å². The van der Waals surface area contributed by atoms with Gasteiger partial charge >= 0.3 is 0 Å². The number of ether oxygens (including phenoxy) is 1. The van der Waals surface area contributed by atoms with Crippen molar-refractivity contribution >= 4 is 16.8 Å². The van der Waals surface area contributed by atoms with Gasteiger partial charge in [0.15, 0.2) is 0 Å². The lowest BCUT2D eigenvalue weighted by Gasteiger charge is -2.19. The van der Waals surface area contributed by atoms with E-state index in [1.54, 1.807) is 0 Å². The van der Waals surface area contributed by atoms with Crippen molar-refractivity contribution in [2.75, 3.05) is 13.2 Å². The van der Waals surface area contributed by atoms with E-state index < -0.39 is 0 Å². The summed E-state index contributed by atoms with van der Waals surface area (Å²) in [4.78, 5) is 18.5. The highest BCUT2D eigenvalue weighted by Gasteiger charge is 2.25. The molecule has 4 rings (SSSR count). The zero-order valence-electron chi connectivity index (χ0n) is 15.9. The minimum Gasteiger partial charge on any atom is -0.491 e. The van der Waals surface area contributed by atoms with Crippen LogP contribution < -0.4 is 4.74 Å². The number of H-pyrrole nitrogens is 1. The molecule has 0 saturated heterocycles. The number of fused-ring (bicyclic) bond motifs is 2. The lowest BCUT2D eigenvalue weighted by atomic mass is 10.1. The van der Waals surface area contributed by atoms with Crippen molar-refractivity contribution < 1.29 is 14.6 Å². The Kier molecular flexibility index (Phi) is 4.40. The van der Waals surface area contributed by atoms with Crippen LogP contribution in [-0.2, 0) is 13.2 Å². The van der Waals surface area contributed by atoms with Gasteiger partial charge in [-0.2, -0.15) is 0 Å². The molecule has 1 aromatic heterocycles. The molecule has 0 aliphatic carbocycles. The zero-order chi connectivity index (χ0) is 19.1. The molecule has 0 bridgehead atoms. The van der Waals surface area contributed by atoms with E-state index in [0.29, 0.717) is 25.4 Å². The molecule has 1 aliphatic heterocycles. The van der Waals surface area contributed by atoms with Crippen LogP contribution in [0.25, 0.3) is 10.9 Å². The lowest BCUT2D eigenvalue weighted by molar-refractivity contribution is 0.0727. The van der Waals surface area contributed by atoms with Gasteiger partial charge in [0, 0.05) is 23.0 Å². The van der Waals surface area contributed by atoms with Crippen LogP contribution in [0.3, 0.4) is 0 Å². The van der Waals surface area contributed by atoms with Crippen LogP contribution in [0.4, 0.5) is 0 Å². The third-order valence-corrected chi connectivity index (χ3v) is 5.30. The van der Waals surface area contributed by atoms with Gasteiger partial charge in [-0.25, -0.2) is 0 Å². The molecule has 0 saturated carbocycles. The highest BCUT2D eigenvalue weighted by Crippen LogP contribution is 2.29. The maximum absolute atomic E-state index is 13.3. The number of aliphatic hydroxyl groups is 1. The third kappa shape index (κ3) is 3.08. The number of benzene rings is 2. The van der Waals surface area contributed by atoms with Crippen molar-refractivity contribution in [1.29, 1.82) is 0 Å². The van der Waals surface area contributed by atoms with Gasteiger partial charge in [0.1, 0.15) is 18.1 Å². The fourth-order valence-electron chi connectivity index (χ4n) is 3.87. The first kappa shape index (κ1) is 17.6. The molecule has 3 aromatic rings. The number of carbonyl (C=O) groups is 1. The van der Waals surface area contributed by atoms with E-state index in [4.69, 9.17) is 4.74 Å². The molecule has 0 unspecified atom stereocenters. The molecule has 0 spiro atoms. The topological polar surface area (TPSA) is 65.6 Å². The van der Waals surface area contributed by atoms with Crippen LogP contribution in [0, 0.1) is 20.8 Å².